The number of hydrogen-bond acceptors (Lipinski definition) is 6. The van der Waals surface area contributed by atoms with Gasteiger partial charge in [0.1, 0.15) is 17.0 Å². The number of carbonyl (C=O) groups is 3. The number of ether oxygens (including phenoxy) is 2. The SMILES string of the molecule is O=C(NC[C@H]1CN(c2ccc(N3CCOCC3=O)cc2)C(=O)O1)c1ccsc1Cl. The van der Waals surface area contributed by atoms with Crippen LogP contribution in [0.3, 0.4) is 0 Å². The number of nitrogens with one attached hydrogen (secondary N) is 1. The third kappa shape index (κ3) is 4.21. The summed E-state index contributed by atoms with van der Waals surface area (Å²) in [7, 11) is 0. The molecule has 1 N–H and O–H groups in total. The lowest BCUT2D eigenvalue weighted by atomic mass is 10.2. The van der Waals surface area contributed by atoms with Crippen molar-refractivity contribution >= 4 is 52.2 Å². The molecule has 2 aliphatic heterocycles. The van der Waals surface area contributed by atoms with Crippen molar-refractivity contribution in [3.05, 3.63) is 45.6 Å². The van der Waals surface area contributed by atoms with E-state index in [-0.39, 0.29) is 25.0 Å². The minimum Gasteiger partial charge on any atom is -0.442 e. The first-order valence-corrected chi connectivity index (χ1v) is 10.3. The Morgan fingerprint density at radius 3 is 2.55 bits per heavy atom. The summed E-state index contributed by atoms with van der Waals surface area (Å²) in [6, 6.07) is 8.77. The first kappa shape index (κ1) is 19.7. The van der Waals surface area contributed by atoms with Gasteiger partial charge in [0, 0.05) is 17.9 Å². The highest BCUT2D eigenvalue weighted by Crippen LogP contribution is 2.26. The number of rotatable bonds is 5. The lowest BCUT2D eigenvalue weighted by molar-refractivity contribution is -0.125. The molecule has 3 heterocycles. The van der Waals surface area contributed by atoms with Crippen LogP contribution in [0.1, 0.15) is 10.4 Å². The highest BCUT2D eigenvalue weighted by Gasteiger charge is 2.33. The molecule has 2 aliphatic rings. The van der Waals surface area contributed by atoms with Crippen molar-refractivity contribution in [2.75, 3.05) is 42.6 Å². The summed E-state index contributed by atoms with van der Waals surface area (Å²) < 4.78 is 10.9. The van der Waals surface area contributed by atoms with Gasteiger partial charge in [-0.3, -0.25) is 14.5 Å². The largest absolute Gasteiger partial charge is 0.442 e. The molecule has 10 heteroatoms. The van der Waals surface area contributed by atoms with Gasteiger partial charge in [-0.2, -0.15) is 0 Å². The fraction of sp³-hybridized carbons (Fsp3) is 0.316. The summed E-state index contributed by atoms with van der Waals surface area (Å²) in [5, 5.41) is 4.48. The predicted octanol–water partition coefficient (Wildman–Crippen LogP) is 2.52. The Hall–Kier alpha value is -2.62. The molecule has 1 aromatic heterocycles. The Balaban J connectivity index is 1.36. The average molecular weight is 436 g/mol. The van der Waals surface area contributed by atoms with Crippen molar-refractivity contribution in [1.82, 2.24) is 5.32 Å². The number of anilines is 2. The van der Waals surface area contributed by atoms with E-state index in [4.69, 9.17) is 21.1 Å². The molecule has 0 spiro atoms. The van der Waals surface area contributed by atoms with Crippen LogP contribution in [-0.2, 0) is 14.3 Å². The van der Waals surface area contributed by atoms with E-state index < -0.39 is 12.2 Å². The Labute approximate surface area is 175 Å². The van der Waals surface area contributed by atoms with E-state index in [1.165, 1.54) is 16.2 Å². The summed E-state index contributed by atoms with van der Waals surface area (Å²) in [5.74, 6) is -0.392. The van der Waals surface area contributed by atoms with Gasteiger partial charge in [0.25, 0.3) is 11.8 Å². The molecule has 1 aromatic carbocycles. The maximum atomic E-state index is 12.2. The zero-order valence-electron chi connectivity index (χ0n) is 15.3. The third-order valence-corrected chi connectivity index (χ3v) is 5.86. The van der Waals surface area contributed by atoms with Gasteiger partial charge >= 0.3 is 6.09 Å². The first-order valence-electron chi connectivity index (χ1n) is 9.00. The Morgan fingerprint density at radius 1 is 1.17 bits per heavy atom. The standard InChI is InChI=1S/C19H18ClN3O5S/c20-17-15(5-8-29-17)18(25)21-9-14-10-23(19(26)28-14)13-3-1-12(2-4-13)22-6-7-27-11-16(22)24/h1-5,8,14H,6-7,9-11H2,(H,21,25)/t14-/m0/s1. The van der Waals surface area contributed by atoms with Gasteiger partial charge < -0.3 is 19.7 Å². The number of cyclic esters (lactones) is 1. The first-order chi connectivity index (χ1) is 14.0. The number of carbonyl (C=O) groups excluding carboxylic acids is 3. The highest BCUT2D eigenvalue weighted by molar-refractivity contribution is 7.14. The van der Waals surface area contributed by atoms with Gasteiger partial charge in [0.05, 0.1) is 25.3 Å². The molecule has 2 fully saturated rings. The zero-order chi connectivity index (χ0) is 20.4. The van der Waals surface area contributed by atoms with E-state index >= 15 is 0 Å². The number of nitrogens with zero attached hydrogens (tertiary/aromatic N) is 2. The van der Waals surface area contributed by atoms with Crippen LogP contribution in [0.5, 0.6) is 0 Å². The van der Waals surface area contributed by atoms with Crippen molar-refractivity contribution in [1.29, 1.82) is 0 Å². The second-order valence-electron chi connectivity index (χ2n) is 6.55. The highest BCUT2D eigenvalue weighted by atomic mass is 35.5. The molecule has 2 aromatic rings. The quantitative estimate of drug-likeness (QED) is 0.779. The van der Waals surface area contributed by atoms with Crippen molar-refractivity contribution in [2.45, 2.75) is 6.10 Å². The molecule has 8 nitrogen and oxygen atoms in total. The fourth-order valence-corrected chi connectivity index (χ4v) is 4.11. The van der Waals surface area contributed by atoms with Gasteiger partial charge in [0.15, 0.2) is 0 Å². The molecule has 3 amide bonds. The second kappa shape index (κ2) is 8.40. The molecule has 1 atom stereocenters. The van der Waals surface area contributed by atoms with Gasteiger partial charge in [-0.25, -0.2) is 4.79 Å². The number of halogens is 1. The van der Waals surface area contributed by atoms with E-state index in [1.807, 2.05) is 0 Å². The maximum Gasteiger partial charge on any atom is 0.414 e. The molecule has 0 aliphatic carbocycles. The van der Waals surface area contributed by atoms with Crippen LogP contribution in [0.15, 0.2) is 35.7 Å². The van der Waals surface area contributed by atoms with Crippen molar-refractivity contribution in [3.8, 4) is 0 Å². The fourth-order valence-electron chi connectivity index (χ4n) is 3.20. The minimum absolute atomic E-state index is 0.0736. The molecular weight excluding hydrogens is 418 g/mol. The molecule has 0 radical (unpaired) electrons. The lowest BCUT2D eigenvalue weighted by Crippen LogP contribution is -2.41. The number of hydrogen-bond donors (Lipinski definition) is 1. The van der Waals surface area contributed by atoms with Crippen LogP contribution < -0.4 is 15.1 Å². The molecule has 0 bridgehead atoms. The monoisotopic (exact) mass is 435 g/mol. The van der Waals surface area contributed by atoms with Crippen LogP contribution in [0, 0.1) is 0 Å². The molecule has 4 rings (SSSR count). The van der Waals surface area contributed by atoms with E-state index in [0.717, 1.165) is 5.69 Å². The van der Waals surface area contributed by atoms with Crippen molar-refractivity contribution in [2.24, 2.45) is 0 Å². The predicted molar refractivity (Wildman–Crippen MR) is 109 cm³/mol. The summed E-state index contributed by atoms with van der Waals surface area (Å²) >= 11 is 7.25. The second-order valence-corrected chi connectivity index (χ2v) is 8.07. The molecule has 0 saturated carbocycles. The van der Waals surface area contributed by atoms with Crippen LogP contribution >= 0.6 is 22.9 Å². The summed E-state index contributed by atoms with van der Waals surface area (Å²) in [4.78, 5) is 39.5. The van der Waals surface area contributed by atoms with Gasteiger partial charge in [-0.15, -0.1) is 11.3 Å². The molecular formula is C19H18ClN3O5S. The van der Waals surface area contributed by atoms with E-state index in [9.17, 15) is 14.4 Å². The Kier molecular flexibility index (Phi) is 5.70. The Morgan fingerprint density at radius 2 is 1.90 bits per heavy atom. The van der Waals surface area contributed by atoms with Crippen LogP contribution in [0.25, 0.3) is 0 Å². The van der Waals surface area contributed by atoms with Crippen LogP contribution in [0.2, 0.25) is 4.34 Å². The normalized spacial score (nSPS) is 19.4. The summed E-state index contributed by atoms with van der Waals surface area (Å²) in [5.41, 5.74) is 1.83. The summed E-state index contributed by atoms with van der Waals surface area (Å²) in [6.07, 6.45) is -0.947. The summed E-state index contributed by atoms with van der Waals surface area (Å²) in [6.45, 7) is 1.57. The lowest BCUT2D eigenvalue weighted by Gasteiger charge is -2.27. The minimum atomic E-state index is -0.479. The molecule has 0 unspecified atom stereocenters. The molecule has 2 saturated heterocycles. The van der Waals surface area contributed by atoms with Gasteiger partial charge in [-0.1, -0.05) is 11.6 Å². The van der Waals surface area contributed by atoms with E-state index in [0.29, 0.717) is 35.3 Å². The van der Waals surface area contributed by atoms with E-state index in [2.05, 4.69) is 5.32 Å². The number of morpholine rings is 1. The van der Waals surface area contributed by atoms with Gasteiger partial charge in [-0.05, 0) is 35.7 Å². The topological polar surface area (TPSA) is 88.2 Å². The number of thiophene rings is 1. The van der Waals surface area contributed by atoms with Crippen molar-refractivity contribution < 1.29 is 23.9 Å². The molecule has 29 heavy (non-hydrogen) atoms. The van der Waals surface area contributed by atoms with Crippen LogP contribution in [-0.4, -0.2) is 56.9 Å². The smallest absolute Gasteiger partial charge is 0.414 e. The average Bonchev–Trinajstić information content (AvgIpc) is 3.32. The third-order valence-electron chi connectivity index (χ3n) is 4.69. The maximum absolute atomic E-state index is 12.2. The Bertz CT molecular complexity index is 932. The van der Waals surface area contributed by atoms with Crippen LogP contribution in [0.4, 0.5) is 16.2 Å². The van der Waals surface area contributed by atoms with E-state index in [1.54, 1.807) is 40.6 Å². The van der Waals surface area contributed by atoms with Gasteiger partial charge in [0.2, 0.25) is 0 Å². The molecule has 152 valence electrons. The van der Waals surface area contributed by atoms with Crippen molar-refractivity contribution in [3.63, 3.8) is 0 Å². The number of amides is 3. The zero-order valence-corrected chi connectivity index (χ0v) is 16.9. The number of benzene rings is 1.